The highest BCUT2D eigenvalue weighted by Gasteiger charge is 2.07. The average Bonchev–Trinajstić information content (AvgIpc) is 1.87. The SMILES string of the molecule is CN(C)N(C)C(=O)NC=O. The molecular formula is C5H11N3O2. The maximum atomic E-state index is 10.7. The number of rotatable bonds is 2. The van der Waals surface area contributed by atoms with Crippen LogP contribution in [0.15, 0.2) is 0 Å². The fourth-order valence-electron chi connectivity index (χ4n) is 0.325. The summed E-state index contributed by atoms with van der Waals surface area (Å²) in [5.74, 6) is 0. The zero-order chi connectivity index (χ0) is 8.15. The Hall–Kier alpha value is -1.10. The van der Waals surface area contributed by atoms with Gasteiger partial charge in [0.05, 0.1) is 0 Å². The molecule has 58 valence electrons. The maximum Gasteiger partial charge on any atom is 0.338 e. The van der Waals surface area contributed by atoms with Gasteiger partial charge in [0.15, 0.2) is 0 Å². The zero-order valence-corrected chi connectivity index (χ0v) is 6.29. The Morgan fingerprint density at radius 1 is 1.40 bits per heavy atom. The standard InChI is InChI=1S/C5H11N3O2/c1-7(2)8(3)5(10)6-4-9/h4H,1-3H3,(H,6,9,10). The van der Waals surface area contributed by atoms with Crippen molar-refractivity contribution >= 4 is 12.4 Å². The minimum atomic E-state index is -0.444. The van der Waals surface area contributed by atoms with Crippen LogP contribution in [0.4, 0.5) is 4.79 Å². The topological polar surface area (TPSA) is 52.6 Å². The van der Waals surface area contributed by atoms with Gasteiger partial charge < -0.3 is 0 Å². The number of carbonyl (C=O) groups is 2. The van der Waals surface area contributed by atoms with Crippen LogP contribution in [0.25, 0.3) is 0 Å². The van der Waals surface area contributed by atoms with Crippen molar-refractivity contribution in [1.29, 1.82) is 0 Å². The molecule has 0 saturated heterocycles. The quantitative estimate of drug-likeness (QED) is 0.411. The van der Waals surface area contributed by atoms with Crippen molar-refractivity contribution in [2.75, 3.05) is 21.1 Å². The molecule has 0 aromatic carbocycles. The Morgan fingerprint density at radius 3 is 2.20 bits per heavy atom. The van der Waals surface area contributed by atoms with E-state index in [-0.39, 0.29) is 0 Å². The number of hydrogen-bond acceptors (Lipinski definition) is 3. The monoisotopic (exact) mass is 145 g/mol. The van der Waals surface area contributed by atoms with E-state index in [2.05, 4.69) is 0 Å². The van der Waals surface area contributed by atoms with Gasteiger partial charge in [0.25, 0.3) is 0 Å². The molecule has 0 aliphatic heterocycles. The third-order valence-corrected chi connectivity index (χ3v) is 1.08. The van der Waals surface area contributed by atoms with E-state index in [4.69, 9.17) is 0 Å². The first-order valence-corrected chi connectivity index (χ1v) is 2.74. The van der Waals surface area contributed by atoms with Crippen LogP contribution in [0.5, 0.6) is 0 Å². The smallest absolute Gasteiger partial charge is 0.279 e. The second-order valence-electron chi connectivity index (χ2n) is 1.94. The van der Waals surface area contributed by atoms with Gasteiger partial charge in [-0.3, -0.25) is 15.1 Å². The molecule has 0 bridgehead atoms. The predicted molar refractivity (Wildman–Crippen MR) is 36.0 cm³/mol. The summed E-state index contributed by atoms with van der Waals surface area (Å²) in [6.45, 7) is 0. The van der Waals surface area contributed by atoms with Gasteiger partial charge in [0.2, 0.25) is 6.41 Å². The van der Waals surface area contributed by atoms with E-state index in [0.29, 0.717) is 6.41 Å². The molecule has 0 unspecified atom stereocenters. The molecule has 5 nitrogen and oxygen atoms in total. The van der Waals surface area contributed by atoms with E-state index in [1.54, 1.807) is 26.2 Å². The zero-order valence-electron chi connectivity index (χ0n) is 6.29. The lowest BCUT2D eigenvalue weighted by molar-refractivity contribution is -0.109. The van der Waals surface area contributed by atoms with Crippen molar-refractivity contribution < 1.29 is 9.59 Å². The molecular weight excluding hydrogens is 134 g/mol. The Kier molecular flexibility index (Phi) is 3.42. The van der Waals surface area contributed by atoms with E-state index in [1.165, 1.54) is 5.01 Å². The van der Waals surface area contributed by atoms with E-state index < -0.39 is 6.03 Å². The molecule has 1 N–H and O–H groups in total. The molecule has 0 saturated carbocycles. The van der Waals surface area contributed by atoms with Gasteiger partial charge in [-0.1, -0.05) is 0 Å². The van der Waals surface area contributed by atoms with Crippen molar-refractivity contribution in [3.8, 4) is 0 Å². The van der Waals surface area contributed by atoms with Gasteiger partial charge in [-0.05, 0) is 0 Å². The third-order valence-electron chi connectivity index (χ3n) is 1.08. The normalized spacial score (nSPS) is 9.20. The van der Waals surface area contributed by atoms with Crippen LogP contribution in [0.2, 0.25) is 0 Å². The Morgan fingerprint density at radius 2 is 1.90 bits per heavy atom. The molecule has 0 aliphatic rings. The lowest BCUT2D eigenvalue weighted by Crippen LogP contribution is -2.44. The molecule has 3 amide bonds. The van der Waals surface area contributed by atoms with E-state index in [9.17, 15) is 9.59 Å². The summed E-state index contributed by atoms with van der Waals surface area (Å²) in [7, 11) is 4.95. The van der Waals surface area contributed by atoms with Gasteiger partial charge in [-0.25, -0.2) is 9.80 Å². The first-order valence-electron chi connectivity index (χ1n) is 2.74. The molecule has 5 heteroatoms. The van der Waals surface area contributed by atoms with Gasteiger partial charge in [0, 0.05) is 21.1 Å². The van der Waals surface area contributed by atoms with Crippen molar-refractivity contribution in [2.24, 2.45) is 0 Å². The second-order valence-corrected chi connectivity index (χ2v) is 1.94. The minimum Gasteiger partial charge on any atom is -0.279 e. The van der Waals surface area contributed by atoms with Gasteiger partial charge >= 0.3 is 6.03 Å². The molecule has 0 spiro atoms. The highest BCUT2D eigenvalue weighted by molar-refractivity contribution is 5.83. The number of imide groups is 1. The number of hydrogen-bond donors (Lipinski definition) is 1. The Balaban J connectivity index is 3.81. The van der Waals surface area contributed by atoms with E-state index >= 15 is 0 Å². The summed E-state index contributed by atoms with van der Waals surface area (Å²) >= 11 is 0. The van der Waals surface area contributed by atoms with Crippen LogP contribution in [0.3, 0.4) is 0 Å². The van der Waals surface area contributed by atoms with Crippen molar-refractivity contribution in [2.45, 2.75) is 0 Å². The van der Waals surface area contributed by atoms with Gasteiger partial charge in [0.1, 0.15) is 0 Å². The Labute approximate surface area is 59.6 Å². The molecule has 0 aromatic rings. The summed E-state index contributed by atoms with van der Waals surface area (Å²) in [6, 6.07) is -0.444. The molecule has 10 heavy (non-hydrogen) atoms. The van der Waals surface area contributed by atoms with Crippen LogP contribution >= 0.6 is 0 Å². The molecule has 0 fully saturated rings. The van der Waals surface area contributed by atoms with Crippen LogP contribution in [0.1, 0.15) is 0 Å². The van der Waals surface area contributed by atoms with Crippen LogP contribution in [-0.4, -0.2) is 43.6 Å². The molecule has 0 aromatic heterocycles. The molecule has 0 aliphatic carbocycles. The fourth-order valence-corrected chi connectivity index (χ4v) is 0.325. The first-order chi connectivity index (χ1) is 4.59. The maximum absolute atomic E-state index is 10.7. The second kappa shape index (κ2) is 3.84. The molecule has 0 heterocycles. The van der Waals surface area contributed by atoms with E-state index in [0.717, 1.165) is 0 Å². The number of hydrazine groups is 1. The van der Waals surface area contributed by atoms with Gasteiger partial charge in [-0.2, -0.15) is 0 Å². The number of urea groups is 1. The summed E-state index contributed by atoms with van der Waals surface area (Å²) in [6.07, 6.45) is 0.350. The summed E-state index contributed by atoms with van der Waals surface area (Å²) < 4.78 is 0. The largest absolute Gasteiger partial charge is 0.338 e. The number of carbonyl (C=O) groups excluding carboxylic acids is 2. The molecule has 0 radical (unpaired) electrons. The summed E-state index contributed by atoms with van der Waals surface area (Å²) in [4.78, 5) is 20.5. The lowest BCUT2D eigenvalue weighted by atomic mass is 10.8. The predicted octanol–water partition coefficient (Wildman–Crippen LogP) is -0.739. The minimum absolute atomic E-state index is 0.350. The summed E-state index contributed by atoms with van der Waals surface area (Å²) in [5, 5.41) is 4.82. The number of amides is 3. The number of nitrogens with one attached hydrogen (secondary N) is 1. The van der Waals surface area contributed by atoms with Crippen molar-refractivity contribution in [3.05, 3.63) is 0 Å². The average molecular weight is 145 g/mol. The number of nitrogens with zero attached hydrogens (tertiary/aromatic N) is 2. The highest BCUT2D eigenvalue weighted by Crippen LogP contribution is 1.84. The van der Waals surface area contributed by atoms with Crippen LogP contribution in [-0.2, 0) is 4.79 Å². The van der Waals surface area contributed by atoms with E-state index in [1.807, 2.05) is 5.32 Å². The van der Waals surface area contributed by atoms with Crippen molar-refractivity contribution in [1.82, 2.24) is 15.3 Å². The summed E-state index contributed by atoms with van der Waals surface area (Å²) in [5.41, 5.74) is 0. The van der Waals surface area contributed by atoms with Crippen LogP contribution < -0.4 is 5.32 Å². The third kappa shape index (κ3) is 2.45. The Bertz CT molecular complexity index is 135. The van der Waals surface area contributed by atoms with Gasteiger partial charge in [-0.15, -0.1) is 0 Å². The molecule has 0 atom stereocenters. The highest BCUT2D eigenvalue weighted by atomic mass is 16.2. The first kappa shape index (κ1) is 8.90. The molecule has 0 rings (SSSR count). The van der Waals surface area contributed by atoms with Crippen molar-refractivity contribution in [3.63, 3.8) is 0 Å². The lowest BCUT2D eigenvalue weighted by Gasteiger charge is -2.22. The fraction of sp³-hybridized carbons (Fsp3) is 0.600. The van der Waals surface area contributed by atoms with Crippen LogP contribution in [0, 0.1) is 0 Å².